The van der Waals surface area contributed by atoms with Crippen molar-refractivity contribution in [3.05, 3.63) is 24.3 Å². The normalized spacial score (nSPS) is 24.8. The van der Waals surface area contributed by atoms with Crippen LogP contribution >= 0.6 is 0 Å². The van der Waals surface area contributed by atoms with Gasteiger partial charge in [-0.2, -0.15) is 13.2 Å². The molecule has 1 saturated carbocycles. The molecule has 144 valence electrons. The Balaban J connectivity index is 0.000000298. The predicted octanol–water partition coefficient (Wildman–Crippen LogP) is 0.607. The summed E-state index contributed by atoms with van der Waals surface area (Å²) in [6, 6.07) is 0.451. The maximum Gasteiger partial charge on any atom is 0.490 e. The van der Waals surface area contributed by atoms with Crippen LogP contribution in [0.15, 0.2) is 18.6 Å². The third-order valence-electron chi connectivity index (χ3n) is 4.09. The molecule has 0 radical (unpaired) electrons. The maximum absolute atomic E-state index is 11.9. The van der Waals surface area contributed by atoms with E-state index in [1.165, 1.54) is 12.4 Å². The van der Waals surface area contributed by atoms with Gasteiger partial charge in [0.05, 0.1) is 18.9 Å². The van der Waals surface area contributed by atoms with Crippen LogP contribution in [-0.2, 0) is 9.53 Å². The summed E-state index contributed by atoms with van der Waals surface area (Å²) < 4.78 is 37.5. The van der Waals surface area contributed by atoms with Gasteiger partial charge in [0, 0.05) is 37.4 Å². The third-order valence-corrected chi connectivity index (χ3v) is 4.09. The van der Waals surface area contributed by atoms with Crippen LogP contribution in [0.4, 0.5) is 13.2 Å². The number of hydrogen-bond acceptors (Lipinski definition) is 6. The summed E-state index contributed by atoms with van der Waals surface area (Å²) >= 11 is 0. The molecule has 8 nitrogen and oxygen atoms in total. The summed E-state index contributed by atoms with van der Waals surface area (Å²) in [4.78, 5) is 28.7. The highest BCUT2D eigenvalue weighted by atomic mass is 19.4. The van der Waals surface area contributed by atoms with Crippen LogP contribution in [-0.4, -0.2) is 65.0 Å². The van der Waals surface area contributed by atoms with Gasteiger partial charge in [0.15, 0.2) is 0 Å². The average Bonchev–Trinajstić information content (AvgIpc) is 3.03. The van der Waals surface area contributed by atoms with Crippen molar-refractivity contribution in [2.45, 2.75) is 31.2 Å². The zero-order chi connectivity index (χ0) is 19.2. The van der Waals surface area contributed by atoms with Crippen LogP contribution in [0.25, 0.3) is 0 Å². The maximum atomic E-state index is 11.9. The molecule has 1 aromatic rings. The molecule has 1 amide bonds. The lowest BCUT2D eigenvalue weighted by Gasteiger charge is -2.30. The molecule has 0 bridgehead atoms. The molecule has 1 aromatic heterocycles. The monoisotopic (exact) mass is 376 g/mol. The summed E-state index contributed by atoms with van der Waals surface area (Å²) in [5.41, 5.74) is 0.361. The lowest BCUT2D eigenvalue weighted by atomic mass is 10.0. The van der Waals surface area contributed by atoms with Crippen molar-refractivity contribution >= 4 is 11.9 Å². The molecule has 3 N–H and O–H groups in total. The molecule has 2 heterocycles. The number of morpholine rings is 1. The number of carboxylic acid groups (broad SMARTS) is 1. The molecule has 1 aliphatic carbocycles. The second-order valence-electron chi connectivity index (χ2n) is 5.84. The number of carboxylic acids is 1. The van der Waals surface area contributed by atoms with E-state index in [1.807, 2.05) is 0 Å². The molecule has 1 aliphatic heterocycles. The number of fused-ring (bicyclic) bond motifs is 1. The fourth-order valence-electron chi connectivity index (χ4n) is 2.91. The van der Waals surface area contributed by atoms with Crippen LogP contribution in [0.3, 0.4) is 0 Å². The van der Waals surface area contributed by atoms with E-state index in [4.69, 9.17) is 14.6 Å². The van der Waals surface area contributed by atoms with Gasteiger partial charge < -0.3 is 20.5 Å². The van der Waals surface area contributed by atoms with Crippen molar-refractivity contribution in [3.8, 4) is 0 Å². The number of rotatable bonds is 3. The summed E-state index contributed by atoms with van der Waals surface area (Å²) in [6.07, 6.45) is 1.91. The van der Waals surface area contributed by atoms with Crippen LogP contribution in [0, 0.1) is 5.92 Å². The number of carbonyl (C=O) groups is 2. The second-order valence-corrected chi connectivity index (χ2v) is 5.84. The molecule has 3 atom stereocenters. The first-order chi connectivity index (χ1) is 12.3. The average molecular weight is 376 g/mol. The highest BCUT2D eigenvalue weighted by Crippen LogP contribution is 2.29. The van der Waals surface area contributed by atoms with E-state index in [0.29, 0.717) is 24.2 Å². The predicted molar refractivity (Wildman–Crippen MR) is 82.3 cm³/mol. The lowest BCUT2D eigenvalue weighted by molar-refractivity contribution is -0.192. The van der Waals surface area contributed by atoms with Crippen molar-refractivity contribution in [3.63, 3.8) is 0 Å². The molecule has 0 spiro atoms. The summed E-state index contributed by atoms with van der Waals surface area (Å²) in [5, 5.41) is 13.5. The van der Waals surface area contributed by atoms with E-state index in [1.54, 1.807) is 6.20 Å². The highest BCUT2D eigenvalue weighted by Gasteiger charge is 2.39. The number of nitrogens with zero attached hydrogens (tertiary/aromatic N) is 2. The van der Waals surface area contributed by atoms with Gasteiger partial charge in [-0.1, -0.05) is 0 Å². The minimum absolute atomic E-state index is 0.166. The molecule has 2 fully saturated rings. The van der Waals surface area contributed by atoms with Crippen molar-refractivity contribution in [2.24, 2.45) is 5.92 Å². The van der Waals surface area contributed by atoms with Gasteiger partial charge in [-0.3, -0.25) is 9.78 Å². The van der Waals surface area contributed by atoms with Gasteiger partial charge in [-0.15, -0.1) is 0 Å². The van der Waals surface area contributed by atoms with E-state index >= 15 is 0 Å². The number of alkyl halides is 3. The molecule has 2 aliphatic rings. The molecule has 26 heavy (non-hydrogen) atoms. The Kier molecular flexibility index (Phi) is 6.86. The van der Waals surface area contributed by atoms with Crippen LogP contribution in [0.2, 0.25) is 0 Å². The van der Waals surface area contributed by atoms with Gasteiger partial charge in [-0.25, -0.2) is 9.78 Å². The van der Waals surface area contributed by atoms with Gasteiger partial charge in [0.2, 0.25) is 0 Å². The molecule has 1 saturated heterocycles. The summed E-state index contributed by atoms with van der Waals surface area (Å²) in [6.45, 7) is 2.33. The SMILES string of the molecule is O=C(NCC1CCC2NCCOC12)c1cnccn1.O=C(O)C(F)(F)F. The topological polar surface area (TPSA) is 113 Å². The number of ether oxygens (including phenoxy) is 1. The highest BCUT2D eigenvalue weighted by molar-refractivity contribution is 5.91. The Hall–Kier alpha value is -2.27. The summed E-state index contributed by atoms with van der Waals surface area (Å²) in [5.74, 6) is -2.54. The number of nitrogens with one attached hydrogen (secondary N) is 2. The first-order valence-electron chi connectivity index (χ1n) is 7.98. The van der Waals surface area contributed by atoms with Crippen LogP contribution in [0.5, 0.6) is 0 Å². The van der Waals surface area contributed by atoms with Gasteiger partial charge in [0.25, 0.3) is 5.91 Å². The number of aliphatic carboxylic acids is 1. The van der Waals surface area contributed by atoms with Gasteiger partial charge >= 0.3 is 12.1 Å². The van der Waals surface area contributed by atoms with Crippen molar-refractivity contribution < 1.29 is 32.6 Å². The first kappa shape index (κ1) is 20.0. The van der Waals surface area contributed by atoms with E-state index in [-0.39, 0.29) is 12.0 Å². The Bertz CT molecular complexity index is 615. The number of carbonyl (C=O) groups excluding carboxylic acids is 1. The molecular weight excluding hydrogens is 357 g/mol. The molecule has 11 heteroatoms. The standard InChI is InChI=1S/C13H18N4O2.C2HF3O2/c18-13(11-8-14-3-4-15-11)17-7-9-1-2-10-12(9)19-6-5-16-10;3-2(4,5)1(6)7/h3-4,8-10,12,16H,1-2,5-7H2,(H,17,18);(H,6,7). The smallest absolute Gasteiger partial charge is 0.475 e. The zero-order valence-electron chi connectivity index (χ0n) is 13.7. The molecule has 3 rings (SSSR count). The number of amides is 1. The van der Waals surface area contributed by atoms with Gasteiger partial charge in [0.1, 0.15) is 5.69 Å². The van der Waals surface area contributed by atoms with Crippen molar-refractivity contribution in [1.82, 2.24) is 20.6 Å². The molecule has 0 aromatic carbocycles. The fourth-order valence-corrected chi connectivity index (χ4v) is 2.91. The Morgan fingerprint density at radius 3 is 2.69 bits per heavy atom. The Morgan fingerprint density at radius 1 is 1.35 bits per heavy atom. The largest absolute Gasteiger partial charge is 0.490 e. The van der Waals surface area contributed by atoms with E-state index < -0.39 is 12.1 Å². The number of aromatic nitrogens is 2. The molecule has 3 unspecified atom stereocenters. The quantitative estimate of drug-likeness (QED) is 0.708. The summed E-state index contributed by atoms with van der Waals surface area (Å²) in [7, 11) is 0. The van der Waals surface area contributed by atoms with Gasteiger partial charge in [-0.05, 0) is 12.8 Å². The van der Waals surface area contributed by atoms with E-state index in [9.17, 15) is 18.0 Å². The number of halogens is 3. The van der Waals surface area contributed by atoms with E-state index in [0.717, 1.165) is 26.0 Å². The van der Waals surface area contributed by atoms with E-state index in [2.05, 4.69) is 20.6 Å². The van der Waals surface area contributed by atoms with Crippen molar-refractivity contribution in [1.29, 1.82) is 0 Å². The van der Waals surface area contributed by atoms with Crippen molar-refractivity contribution in [2.75, 3.05) is 19.7 Å². The number of hydrogen-bond donors (Lipinski definition) is 3. The fraction of sp³-hybridized carbons (Fsp3) is 0.600. The minimum Gasteiger partial charge on any atom is -0.475 e. The zero-order valence-corrected chi connectivity index (χ0v) is 13.7. The third kappa shape index (κ3) is 5.63. The Morgan fingerprint density at radius 2 is 2.08 bits per heavy atom. The van der Waals surface area contributed by atoms with Crippen LogP contribution < -0.4 is 10.6 Å². The second kappa shape index (κ2) is 8.90. The lowest BCUT2D eigenvalue weighted by Crippen LogP contribution is -2.48. The molecular formula is C15H19F3N4O4. The van der Waals surface area contributed by atoms with Crippen LogP contribution in [0.1, 0.15) is 23.3 Å². The minimum atomic E-state index is -5.08. The first-order valence-corrected chi connectivity index (χ1v) is 7.98. The Labute approximate surface area is 147 Å².